The molecule has 1 aromatic carbocycles. The van der Waals surface area contributed by atoms with E-state index in [1.807, 2.05) is 19.9 Å². The maximum atomic E-state index is 14.7. The summed E-state index contributed by atoms with van der Waals surface area (Å²) in [5, 5.41) is 12.4. The zero-order valence-corrected chi connectivity index (χ0v) is 18.1. The number of aryl methyl sites for hydroxylation is 2. The van der Waals surface area contributed by atoms with Gasteiger partial charge in [0.25, 0.3) is 6.43 Å². The van der Waals surface area contributed by atoms with Gasteiger partial charge < -0.3 is 15.0 Å². The number of fused-ring (bicyclic) bond motifs is 3. The molecule has 2 saturated heterocycles. The second-order valence-electron chi connectivity index (χ2n) is 8.54. The van der Waals surface area contributed by atoms with Gasteiger partial charge in [-0.1, -0.05) is 18.2 Å². The van der Waals surface area contributed by atoms with Crippen molar-refractivity contribution in [3.05, 3.63) is 52.6 Å². The first kappa shape index (κ1) is 20.9. The maximum absolute atomic E-state index is 14.7. The molecule has 2 aliphatic rings. The van der Waals surface area contributed by atoms with Gasteiger partial charge in [0, 0.05) is 17.5 Å². The van der Waals surface area contributed by atoms with Crippen LogP contribution in [0.2, 0.25) is 0 Å². The molecule has 2 bridgehead atoms. The molecule has 0 radical (unpaired) electrons. The van der Waals surface area contributed by atoms with Crippen molar-refractivity contribution in [3.63, 3.8) is 0 Å². The number of nitrogens with zero attached hydrogens (tertiary/aromatic N) is 4. The summed E-state index contributed by atoms with van der Waals surface area (Å²) < 4.78 is 46.7. The predicted octanol–water partition coefficient (Wildman–Crippen LogP) is 4.87. The molecule has 2 aliphatic heterocycles. The third-order valence-electron chi connectivity index (χ3n) is 6.41. The minimum absolute atomic E-state index is 0.146. The zero-order chi connectivity index (χ0) is 22.6. The van der Waals surface area contributed by atoms with Crippen molar-refractivity contribution in [2.45, 2.75) is 51.8 Å². The molecule has 0 spiro atoms. The first-order valence-corrected chi connectivity index (χ1v) is 10.7. The van der Waals surface area contributed by atoms with Gasteiger partial charge in [0.1, 0.15) is 5.82 Å². The van der Waals surface area contributed by atoms with Gasteiger partial charge in [-0.25, -0.2) is 18.2 Å². The van der Waals surface area contributed by atoms with Crippen LogP contribution >= 0.6 is 0 Å². The highest BCUT2D eigenvalue weighted by Gasteiger charge is 2.39. The van der Waals surface area contributed by atoms with Crippen LogP contribution in [-0.4, -0.2) is 40.5 Å². The molecule has 32 heavy (non-hydrogen) atoms. The highest BCUT2D eigenvalue weighted by molar-refractivity contribution is 5.93. The quantitative estimate of drug-likeness (QED) is 0.607. The number of aromatic nitrogens is 3. The van der Waals surface area contributed by atoms with Crippen molar-refractivity contribution in [3.8, 4) is 0 Å². The summed E-state index contributed by atoms with van der Waals surface area (Å²) in [7, 11) is 0. The molecular weight excluding hydrogens is 419 g/mol. The lowest BCUT2D eigenvalue weighted by molar-refractivity contribution is 0.0991. The van der Waals surface area contributed by atoms with E-state index in [1.165, 1.54) is 12.1 Å². The molecule has 1 N–H and O–H groups in total. The Morgan fingerprint density at radius 3 is 2.62 bits per heavy atom. The van der Waals surface area contributed by atoms with Crippen LogP contribution in [0.25, 0.3) is 10.9 Å². The van der Waals surface area contributed by atoms with Crippen molar-refractivity contribution < 1.29 is 17.9 Å². The van der Waals surface area contributed by atoms with Crippen LogP contribution in [0, 0.1) is 19.7 Å². The van der Waals surface area contributed by atoms with E-state index in [1.54, 1.807) is 6.92 Å². The number of nitrogens with one attached hydrogen (secondary N) is 1. The lowest BCUT2D eigenvalue weighted by atomic mass is 10.0. The Kier molecular flexibility index (Phi) is 5.16. The van der Waals surface area contributed by atoms with Crippen molar-refractivity contribution >= 4 is 22.4 Å². The fourth-order valence-corrected chi connectivity index (χ4v) is 4.72. The number of morpholine rings is 1. The molecule has 5 rings (SSSR count). The van der Waals surface area contributed by atoms with E-state index in [0.717, 1.165) is 35.8 Å². The zero-order valence-electron chi connectivity index (χ0n) is 18.1. The molecule has 2 fully saturated rings. The van der Waals surface area contributed by atoms with Gasteiger partial charge in [-0.15, -0.1) is 5.10 Å². The van der Waals surface area contributed by atoms with Crippen LogP contribution < -0.4 is 10.2 Å². The van der Waals surface area contributed by atoms with Crippen LogP contribution in [0.5, 0.6) is 0 Å². The molecule has 2 aromatic heterocycles. The van der Waals surface area contributed by atoms with Crippen molar-refractivity contribution in [2.24, 2.45) is 0 Å². The molecule has 3 atom stereocenters. The Hall–Kier alpha value is -2.94. The summed E-state index contributed by atoms with van der Waals surface area (Å²) in [6.45, 7) is 7.05. The predicted molar refractivity (Wildman–Crippen MR) is 116 cm³/mol. The van der Waals surface area contributed by atoms with Gasteiger partial charge in [-0.3, -0.25) is 0 Å². The van der Waals surface area contributed by atoms with Gasteiger partial charge in [-0.05, 0) is 33.3 Å². The summed E-state index contributed by atoms with van der Waals surface area (Å²) in [4.78, 5) is 7.12. The minimum Gasteiger partial charge on any atom is -0.374 e. The summed E-state index contributed by atoms with van der Waals surface area (Å²) >= 11 is 0. The molecule has 168 valence electrons. The third kappa shape index (κ3) is 3.44. The Balaban J connectivity index is 1.54. The molecular formula is C23H24F3N5O. The van der Waals surface area contributed by atoms with Crippen molar-refractivity contribution in [2.75, 3.05) is 23.4 Å². The fourth-order valence-electron chi connectivity index (χ4n) is 4.72. The number of rotatable bonds is 5. The van der Waals surface area contributed by atoms with Crippen molar-refractivity contribution in [1.82, 2.24) is 15.2 Å². The van der Waals surface area contributed by atoms with E-state index in [4.69, 9.17) is 9.72 Å². The number of hydrogen-bond donors (Lipinski definition) is 1. The molecule has 2 unspecified atom stereocenters. The molecule has 4 heterocycles. The number of pyridine rings is 1. The third-order valence-corrected chi connectivity index (χ3v) is 6.41. The standard InChI is InChI=1S/C23H24F3N5O/c1-11(16-5-4-6-17(20(16)24)22(25)26)28-23-18-8-19(31-9-15-7-14(31)10-32-15)12(2)27-21(18)13(3)29-30-23/h4-6,8,11,14-15,22H,7,9-10H2,1-3H3,(H,28,30)/t11-,14?,15?/m1/s1. The average Bonchev–Trinajstić information content (AvgIpc) is 3.39. The summed E-state index contributed by atoms with van der Waals surface area (Å²) in [6.07, 6.45) is -1.63. The van der Waals surface area contributed by atoms with Crippen LogP contribution in [0.4, 0.5) is 24.7 Å². The van der Waals surface area contributed by atoms with Crippen LogP contribution in [0.1, 0.15) is 48.3 Å². The molecule has 0 saturated carbocycles. The monoisotopic (exact) mass is 443 g/mol. The van der Waals surface area contributed by atoms with Crippen LogP contribution in [0.3, 0.4) is 0 Å². The van der Waals surface area contributed by atoms with Crippen molar-refractivity contribution in [1.29, 1.82) is 0 Å². The van der Waals surface area contributed by atoms with Gasteiger partial charge in [-0.2, -0.15) is 5.10 Å². The summed E-state index contributed by atoms with van der Waals surface area (Å²) in [5.41, 5.74) is 2.84. The first-order chi connectivity index (χ1) is 15.3. The SMILES string of the molecule is Cc1nc2c(C)nnc(N[C@H](C)c3cccc(C(F)F)c3F)c2cc1N1CC2CC1CO2. The Morgan fingerprint density at radius 2 is 1.94 bits per heavy atom. The molecule has 9 heteroatoms. The first-order valence-electron chi connectivity index (χ1n) is 10.7. The van der Waals surface area contributed by atoms with Gasteiger partial charge in [0.15, 0.2) is 5.82 Å². The molecule has 0 aliphatic carbocycles. The Morgan fingerprint density at radius 1 is 1.16 bits per heavy atom. The number of ether oxygens (including phenoxy) is 1. The lowest BCUT2D eigenvalue weighted by Crippen LogP contribution is -2.37. The van der Waals surface area contributed by atoms with E-state index < -0.39 is 23.8 Å². The van der Waals surface area contributed by atoms with E-state index in [9.17, 15) is 13.2 Å². The number of halogens is 3. The maximum Gasteiger partial charge on any atom is 0.266 e. The smallest absolute Gasteiger partial charge is 0.266 e. The van der Waals surface area contributed by atoms with Gasteiger partial charge in [0.2, 0.25) is 0 Å². The lowest BCUT2D eigenvalue weighted by Gasteiger charge is -2.30. The topological polar surface area (TPSA) is 63.2 Å². The summed E-state index contributed by atoms with van der Waals surface area (Å²) in [5.74, 6) is -0.469. The fraction of sp³-hybridized carbons (Fsp3) is 0.435. The number of anilines is 2. The van der Waals surface area contributed by atoms with E-state index in [0.29, 0.717) is 29.7 Å². The Labute approximate surface area is 183 Å². The van der Waals surface area contributed by atoms with Gasteiger partial charge >= 0.3 is 0 Å². The molecule has 0 amide bonds. The minimum atomic E-state index is -2.88. The average molecular weight is 443 g/mol. The largest absolute Gasteiger partial charge is 0.374 e. The normalized spacial score (nSPS) is 21.0. The Bertz CT molecular complexity index is 1190. The van der Waals surface area contributed by atoms with E-state index in [-0.39, 0.29) is 11.7 Å². The molecule has 6 nitrogen and oxygen atoms in total. The highest BCUT2D eigenvalue weighted by Crippen LogP contribution is 2.37. The number of benzene rings is 1. The van der Waals surface area contributed by atoms with Crippen LogP contribution in [0.15, 0.2) is 24.3 Å². The summed E-state index contributed by atoms with van der Waals surface area (Å²) in [6, 6.07) is 5.80. The van der Waals surface area contributed by atoms with E-state index >= 15 is 0 Å². The number of alkyl halides is 2. The molecule has 3 aromatic rings. The van der Waals surface area contributed by atoms with E-state index in [2.05, 4.69) is 20.4 Å². The number of hydrogen-bond acceptors (Lipinski definition) is 6. The van der Waals surface area contributed by atoms with Gasteiger partial charge in [0.05, 0.1) is 52.9 Å². The second kappa shape index (κ2) is 7.88. The van der Waals surface area contributed by atoms with Crippen LogP contribution in [-0.2, 0) is 4.74 Å². The highest BCUT2D eigenvalue weighted by atomic mass is 19.3. The second-order valence-corrected chi connectivity index (χ2v) is 8.54.